The first-order valence-electron chi connectivity index (χ1n) is 3.55. The predicted molar refractivity (Wildman–Crippen MR) is 52.2 cm³/mol. The Labute approximate surface area is 92.8 Å². The third kappa shape index (κ3) is 2.53. The molecule has 0 saturated carbocycles. The summed E-state index contributed by atoms with van der Waals surface area (Å²) < 4.78 is 37.6. The minimum absolute atomic E-state index is 0.0309. The van der Waals surface area contributed by atoms with Crippen molar-refractivity contribution in [2.75, 3.05) is 7.05 Å². The first-order valence-corrected chi connectivity index (χ1v) is 5.12. The molecule has 1 nitrogen and oxygen atoms in total. The molecular weight excluding hydrogens is 258 g/mol. The first kappa shape index (κ1) is 12.1. The quantitative estimate of drug-likeness (QED) is 0.854. The third-order valence-electron chi connectivity index (χ3n) is 1.61. The van der Waals surface area contributed by atoms with Gasteiger partial charge in [0.25, 0.3) is 0 Å². The van der Waals surface area contributed by atoms with Gasteiger partial charge in [-0.1, -0.05) is 23.2 Å². The Balaban J connectivity index is 3.07. The van der Waals surface area contributed by atoms with Gasteiger partial charge in [-0.15, -0.1) is 11.3 Å². The molecule has 7 heteroatoms. The largest absolute Gasteiger partial charge is 0.407 e. The topological polar surface area (TPSA) is 12.0 Å². The summed E-state index contributed by atoms with van der Waals surface area (Å²) in [6.45, 7) is 0. The van der Waals surface area contributed by atoms with Crippen molar-refractivity contribution in [3.63, 3.8) is 0 Å². The Kier molecular flexibility index (Phi) is 3.69. The fourth-order valence-corrected chi connectivity index (χ4v) is 2.58. The van der Waals surface area contributed by atoms with Crippen molar-refractivity contribution < 1.29 is 13.2 Å². The number of hydrogen-bond donors (Lipinski definition) is 1. The Bertz CT molecular complexity index is 323. The number of alkyl halides is 3. The van der Waals surface area contributed by atoms with Crippen LogP contribution in [0.2, 0.25) is 8.67 Å². The average molecular weight is 264 g/mol. The van der Waals surface area contributed by atoms with Gasteiger partial charge in [0.05, 0.1) is 8.67 Å². The molecule has 0 fully saturated rings. The van der Waals surface area contributed by atoms with Gasteiger partial charge in [-0.2, -0.15) is 13.2 Å². The lowest BCUT2D eigenvalue weighted by Gasteiger charge is -2.18. The molecule has 1 unspecified atom stereocenters. The predicted octanol–water partition coefficient (Wildman–Crippen LogP) is 3.88. The molecule has 1 aromatic rings. The lowest BCUT2D eigenvalue weighted by atomic mass is 10.1. The van der Waals surface area contributed by atoms with Gasteiger partial charge in [-0.25, -0.2) is 0 Å². The van der Waals surface area contributed by atoms with Crippen LogP contribution in [0.25, 0.3) is 0 Å². The van der Waals surface area contributed by atoms with E-state index in [1.165, 1.54) is 13.1 Å². The zero-order chi connectivity index (χ0) is 10.9. The molecule has 1 atom stereocenters. The van der Waals surface area contributed by atoms with Crippen LogP contribution in [-0.4, -0.2) is 13.2 Å². The van der Waals surface area contributed by atoms with Crippen molar-refractivity contribution in [1.29, 1.82) is 0 Å². The van der Waals surface area contributed by atoms with Gasteiger partial charge in [0.1, 0.15) is 6.04 Å². The summed E-state index contributed by atoms with van der Waals surface area (Å²) in [6.07, 6.45) is -4.37. The summed E-state index contributed by atoms with van der Waals surface area (Å²) >= 11 is 12.1. The highest BCUT2D eigenvalue weighted by molar-refractivity contribution is 7.20. The second kappa shape index (κ2) is 4.26. The maximum Gasteiger partial charge on any atom is 0.407 e. The SMILES string of the molecule is CNC(c1cc(Cl)sc1Cl)C(F)(F)F. The van der Waals surface area contributed by atoms with E-state index in [2.05, 4.69) is 5.32 Å². The molecule has 0 radical (unpaired) electrons. The van der Waals surface area contributed by atoms with E-state index in [1.54, 1.807) is 0 Å². The van der Waals surface area contributed by atoms with E-state index >= 15 is 0 Å². The summed E-state index contributed by atoms with van der Waals surface area (Å²) in [4.78, 5) is 0. The molecule has 0 amide bonds. The molecule has 1 aromatic heterocycles. The molecule has 1 N–H and O–H groups in total. The van der Waals surface area contributed by atoms with Crippen molar-refractivity contribution >= 4 is 34.5 Å². The molecule has 0 aliphatic carbocycles. The van der Waals surface area contributed by atoms with Gasteiger partial charge in [0.2, 0.25) is 0 Å². The highest BCUT2D eigenvalue weighted by atomic mass is 35.5. The summed E-state index contributed by atoms with van der Waals surface area (Å²) in [5.41, 5.74) is -0.0309. The van der Waals surface area contributed by atoms with Crippen LogP contribution >= 0.6 is 34.5 Å². The van der Waals surface area contributed by atoms with Crippen LogP contribution in [0.15, 0.2) is 6.07 Å². The van der Waals surface area contributed by atoms with Crippen molar-refractivity contribution in [3.05, 3.63) is 20.3 Å². The van der Waals surface area contributed by atoms with Crippen molar-refractivity contribution in [1.82, 2.24) is 5.32 Å². The van der Waals surface area contributed by atoms with Gasteiger partial charge in [-0.05, 0) is 13.1 Å². The van der Waals surface area contributed by atoms with Crippen molar-refractivity contribution in [2.24, 2.45) is 0 Å². The maximum absolute atomic E-state index is 12.4. The fraction of sp³-hybridized carbons (Fsp3) is 0.429. The fourth-order valence-electron chi connectivity index (χ4n) is 1.05. The van der Waals surface area contributed by atoms with Gasteiger partial charge in [-0.3, -0.25) is 0 Å². The molecule has 80 valence electrons. The molecule has 0 bridgehead atoms. The molecule has 0 saturated heterocycles. The van der Waals surface area contributed by atoms with E-state index in [9.17, 15) is 13.2 Å². The van der Waals surface area contributed by atoms with E-state index in [4.69, 9.17) is 23.2 Å². The zero-order valence-electron chi connectivity index (χ0n) is 6.95. The minimum atomic E-state index is -4.37. The molecule has 1 rings (SSSR count). The summed E-state index contributed by atoms with van der Waals surface area (Å²) in [5, 5.41) is 2.15. The van der Waals surface area contributed by atoms with Crippen LogP contribution in [0.1, 0.15) is 11.6 Å². The van der Waals surface area contributed by atoms with Gasteiger partial charge in [0, 0.05) is 5.56 Å². The molecular formula is C7H6Cl2F3NS. The molecule has 0 aromatic carbocycles. The van der Waals surface area contributed by atoms with Crippen LogP contribution < -0.4 is 5.32 Å². The Morgan fingerprint density at radius 1 is 1.43 bits per heavy atom. The Morgan fingerprint density at radius 2 is 2.00 bits per heavy atom. The van der Waals surface area contributed by atoms with Gasteiger partial charge in [0.15, 0.2) is 0 Å². The number of hydrogen-bond acceptors (Lipinski definition) is 2. The molecule has 14 heavy (non-hydrogen) atoms. The number of nitrogens with one attached hydrogen (secondary N) is 1. The lowest BCUT2D eigenvalue weighted by Crippen LogP contribution is -2.31. The van der Waals surface area contributed by atoms with Crippen LogP contribution in [0.4, 0.5) is 13.2 Å². The smallest absolute Gasteiger partial charge is 0.305 e. The third-order valence-corrected chi connectivity index (χ3v) is 3.13. The molecule has 0 spiro atoms. The van der Waals surface area contributed by atoms with Gasteiger partial charge < -0.3 is 5.32 Å². The molecule has 0 aliphatic heterocycles. The standard InChI is InChI=1S/C7H6Cl2F3NS/c1-13-5(7(10,11)12)3-2-4(8)14-6(3)9/h2,5,13H,1H3. The minimum Gasteiger partial charge on any atom is -0.305 e. The number of rotatable bonds is 2. The Morgan fingerprint density at radius 3 is 2.29 bits per heavy atom. The highest BCUT2D eigenvalue weighted by Crippen LogP contribution is 2.41. The van der Waals surface area contributed by atoms with Crippen LogP contribution in [0, 0.1) is 0 Å². The van der Waals surface area contributed by atoms with E-state index in [1.807, 2.05) is 0 Å². The summed E-state index contributed by atoms with van der Waals surface area (Å²) in [7, 11) is 1.22. The lowest BCUT2D eigenvalue weighted by molar-refractivity contribution is -0.156. The van der Waals surface area contributed by atoms with E-state index in [0.717, 1.165) is 11.3 Å². The second-order valence-corrected chi connectivity index (χ2v) is 4.83. The Hall–Kier alpha value is 0.0300. The summed E-state index contributed by atoms with van der Waals surface area (Å²) in [5.74, 6) is 0. The summed E-state index contributed by atoms with van der Waals surface area (Å²) in [6, 6.07) is -0.540. The van der Waals surface area contributed by atoms with E-state index in [-0.39, 0.29) is 14.2 Å². The molecule has 0 aliphatic rings. The normalized spacial score (nSPS) is 14.4. The number of halogens is 5. The highest BCUT2D eigenvalue weighted by Gasteiger charge is 2.41. The maximum atomic E-state index is 12.4. The van der Waals surface area contributed by atoms with Crippen LogP contribution in [0.5, 0.6) is 0 Å². The molecule has 1 heterocycles. The van der Waals surface area contributed by atoms with Crippen LogP contribution in [0.3, 0.4) is 0 Å². The van der Waals surface area contributed by atoms with Crippen molar-refractivity contribution in [3.8, 4) is 0 Å². The number of thiophene rings is 1. The monoisotopic (exact) mass is 263 g/mol. The van der Waals surface area contributed by atoms with Crippen LogP contribution in [-0.2, 0) is 0 Å². The van der Waals surface area contributed by atoms with E-state index in [0.29, 0.717) is 0 Å². The van der Waals surface area contributed by atoms with Crippen molar-refractivity contribution in [2.45, 2.75) is 12.2 Å². The first-order chi connectivity index (χ1) is 6.36. The van der Waals surface area contributed by atoms with Gasteiger partial charge >= 0.3 is 6.18 Å². The average Bonchev–Trinajstić information content (AvgIpc) is 2.29. The zero-order valence-corrected chi connectivity index (χ0v) is 9.28. The van der Waals surface area contributed by atoms with E-state index < -0.39 is 12.2 Å². The second-order valence-electron chi connectivity index (χ2n) is 2.54.